The number of anilines is 1. The van der Waals surface area contributed by atoms with Gasteiger partial charge in [-0.1, -0.05) is 11.6 Å². The molecular weight excluding hydrogens is 233 g/mol. The summed E-state index contributed by atoms with van der Waals surface area (Å²) in [5.74, 6) is -0.807. The van der Waals surface area contributed by atoms with Gasteiger partial charge in [-0.25, -0.2) is 4.39 Å². The van der Waals surface area contributed by atoms with Crippen LogP contribution in [-0.2, 0) is 9.59 Å². The van der Waals surface area contributed by atoms with Gasteiger partial charge in [0, 0.05) is 13.0 Å². The maximum absolute atomic E-state index is 12.8. The summed E-state index contributed by atoms with van der Waals surface area (Å²) in [6, 6.07) is 3.84. The van der Waals surface area contributed by atoms with Gasteiger partial charge in [0.05, 0.1) is 17.1 Å². The van der Waals surface area contributed by atoms with E-state index in [-0.39, 0.29) is 23.1 Å². The van der Waals surface area contributed by atoms with Gasteiger partial charge in [0.25, 0.3) is 0 Å². The Balaban J connectivity index is 2.30. The van der Waals surface area contributed by atoms with Crippen LogP contribution in [0.2, 0.25) is 5.02 Å². The monoisotopic (exact) mass is 241 g/mol. The Hall–Kier alpha value is -1.42. The van der Waals surface area contributed by atoms with Crippen LogP contribution in [0.1, 0.15) is 12.8 Å². The standard InChI is InChI=1S/C11H9ClFNO2/c12-9-5-7(13)1-2-10(9)14-4-3-8(15)6-11(14)16/h1-2,5H,3-4,6H2. The number of benzene rings is 1. The molecule has 0 radical (unpaired) electrons. The average molecular weight is 242 g/mol. The molecule has 0 unspecified atom stereocenters. The molecule has 1 heterocycles. The number of amides is 1. The second-order valence-corrected chi connectivity index (χ2v) is 4.01. The third-order valence-corrected chi connectivity index (χ3v) is 2.77. The quantitative estimate of drug-likeness (QED) is 0.707. The second kappa shape index (κ2) is 4.22. The first-order chi connectivity index (χ1) is 7.58. The van der Waals surface area contributed by atoms with Crippen LogP contribution in [0, 0.1) is 5.82 Å². The highest BCUT2D eigenvalue weighted by Crippen LogP contribution is 2.28. The number of carbonyl (C=O) groups is 2. The molecule has 1 aliphatic heterocycles. The Morgan fingerprint density at radius 1 is 1.31 bits per heavy atom. The first-order valence-corrected chi connectivity index (χ1v) is 5.23. The number of ketones is 1. The van der Waals surface area contributed by atoms with Crippen LogP contribution in [0.4, 0.5) is 10.1 Å². The lowest BCUT2D eigenvalue weighted by Gasteiger charge is -2.26. The molecule has 1 aliphatic rings. The molecule has 0 atom stereocenters. The summed E-state index contributed by atoms with van der Waals surface area (Å²) in [6.45, 7) is 0.309. The number of nitrogens with zero attached hydrogens (tertiary/aromatic N) is 1. The number of Topliss-reactive ketones (excluding diaryl/α,β-unsaturated/α-hetero) is 1. The molecule has 0 aliphatic carbocycles. The normalized spacial score (nSPS) is 16.8. The number of halogens is 2. The summed E-state index contributed by atoms with van der Waals surface area (Å²) < 4.78 is 12.8. The summed E-state index contributed by atoms with van der Waals surface area (Å²) in [5, 5.41) is 0.183. The summed E-state index contributed by atoms with van der Waals surface area (Å²) in [7, 11) is 0. The Labute approximate surface area is 96.8 Å². The number of hydrogen-bond acceptors (Lipinski definition) is 2. The molecule has 84 valence electrons. The van der Waals surface area contributed by atoms with Gasteiger partial charge in [0.1, 0.15) is 11.6 Å². The van der Waals surface area contributed by atoms with Crippen molar-refractivity contribution < 1.29 is 14.0 Å². The van der Waals surface area contributed by atoms with E-state index >= 15 is 0 Å². The summed E-state index contributed by atoms with van der Waals surface area (Å²) >= 11 is 5.85. The fourth-order valence-electron chi connectivity index (χ4n) is 1.67. The fraction of sp³-hybridized carbons (Fsp3) is 0.273. The highest BCUT2D eigenvalue weighted by atomic mass is 35.5. The minimum Gasteiger partial charge on any atom is -0.310 e. The third-order valence-electron chi connectivity index (χ3n) is 2.46. The lowest BCUT2D eigenvalue weighted by atomic mass is 10.1. The van der Waals surface area contributed by atoms with Gasteiger partial charge < -0.3 is 4.90 Å². The molecule has 0 bridgehead atoms. The van der Waals surface area contributed by atoms with E-state index in [0.29, 0.717) is 18.7 Å². The first kappa shape index (κ1) is 11.1. The molecule has 1 amide bonds. The molecule has 1 saturated heterocycles. The molecule has 5 heteroatoms. The zero-order chi connectivity index (χ0) is 11.7. The lowest BCUT2D eigenvalue weighted by Crippen LogP contribution is -2.39. The maximum Gasteiger partial charge on any atom is 0.234 e. The van der Waals surface area contributed by atoms with Crippen LogP contribution >= 0.6 is 11.6 Å². The van der Waals surface area contributed by atoms with Crippen molar-refractivity contribution in [1.29, 1.82) is 0 Å². The number of piperidine rings is 1. The summed E-state index contributed by atoms with van der Waals surface area (Å²) in [5.41, 5.74) is 0.459. The molecule has 2 rings (SSSR count). The maximum atomic E-state index is 12.8. The van der Waals surface area contributed by atoms with E-state index in [1.165, 1.54) is 17.0 Å². The van der Waals surface area contributed by atoms with Gasteiger partial charge in [0.15, 0.2) is 0 Å². The fourth-order valence-corrected chi connectivity index (χ4v) is 1.94. The molecule has 0 aromatic heterocycles. The number of rotatable bonds is 1. The van der Waals surface area contributed by atoms with Crippen molar-refractivity contribution >= 4 is 29.0 Å². The molecule has 0 saturated carbocycles. The minimum absolute atomic E-state index is 0.0699. The molecule has 1 aromatic carbocycles. The molecule has 3 nitrogen and oxygen atoms in total. The van der Waals surface area contributed by atoms with Gasteiger partial charge in [0.2, 0.25) is 5.91 Å². The summed E-state index contributed by atoms with van der Waals surface area (Å²) in [6.07, 6.45) is 0.215. The highest BCUT2D eigenvalue weighted by Gasteiger charge is 2.26. The molecule has 1 fully saturated rings. The predicted octanol–water partition coefficient (Wildman–Crippen LogP) is 2.17. The number of hydrogen-bond donors (Lipinski definition) is 0. The SMILES string of the molecule is O=C1CCN(c2ccc(F)cc2Cl)C(=O)C1. The van der Waals surface area contributed by atoms with Crippen LogP contribution in [0.3, 0.4) is 0 Å². The molecular formula is C11H9ClFNO2. The van der Waals surface area contributed by atoms with Crippen LogP contribution in [0.5, 0.6) is 0 Å². The Bertz CT molecular complexity index is 461. The van der Waals surface area contributed by atoms with E-state index in [1.54, 1.807) is 0 Å². The molecule has 0 spiro atoms. The van der Waals surface area contributed by atoms with Crippen LogP contribution in [0.25, 0.3) is 0 Å². The largest absolute Gasteiger partial charge is 0.310 e. The van der Waals surface area contributed by atoms with Gasteiger partial charge >= 0.3 is 0 Å². The zero-order valence-corrected chi connectivity index (χ0v) is 9.13. The zero-order valence-electron chi connectivity index (χ0n) is 8.37. The van der Waals surface area contributed by atoms with Crippen LogP contribution in [0.15, 0.2) is 18.2 Å². The van der Waals surface area contributed by atoms with Crippen molar-refractivity contribution in [3.63, 3.8) is 0 Å². The van der Waals surface area contributed by atoms with Gasteiger partial charge in [-0.15, -0.1) is 0 Å². The summed E-state index contributed by atoms with van der Waals surface area (Å²) in [4.78, 5) is 24.1. The van der Waals surface area contributed by atoms with E-state index in [2.05, 4.69) is 0 Å². The van der Waals surface area contributed by atoms with Gasteiger partial charge in [-0.05, 0) is 18.2 Å². The van der Waals surface area contributed by atoms with Crippen LogP contribution < -0.4 is 4.90 Å². The molecule has 1 aromatic rings. The Kier molecular flexibility index (Phi) is 2.92. The second-order valence-electron chi connectivity index (χ2n) is 3.61. The van der Waals surface area contributed by atoms with Crippen molar-refractivity contribution in [2.24, 2.45) is 0 Å². The van der Waals surface area contributed by atoms with Crippen molar-refractivity contribution in [2.75, 3.05) is 11.4 Å². The highest BCUT2D eigenvalue weighted by molar-refractivity contribution is 6.34. The van der Waals surface area contributed by atoms with E-state index < -0.39 is 5.82 Å². The molecule has 0 N–H and O–H groups in total. The van der Waals surface area contributed by atoms with Crippen molar-refractivity contribution in [2.45, 2.75) is 12.8 Å². The number of carbonyl (C=O) groups excluding carboxylic acids is 2. The van der Waals surface area contributed by atoms with E-state index in [1.807, 2.05) is 0 Å². The van der Waals surface area contributed by atoms with Crippen molar-refractivity contribution in [1.82, 2.24) is 0 Å². The van der Waals surface area contributed by atoms with E-state index in [9.17, 15) is 14.0 Å². The minimum atomic E-state index is -0.450. The van der Waals surface area contributed by atoms with E-state index in [0.717, 1.165) is 6.07 Å². The lowest BCUT2D eigenvalue weighted by molar-refractivity contribution is -0.128. The van der Waals surface area contributed by atoms with Crippen LogP contribution in [-0.4, -0.2) is 18.2 Å². The predicted molar refractivity (Wildman–Crippen MR) is 58.0 cm³/mol. The van der Waals surface area contributed by atoms with Crippen molar-refractivity contribution in [3.05, 3.63) is 29.0 Å². The average Bonchev–Trinajstić information content (AvgIpc) is 2.19. The first-order valence-electron chi connectivity index (χ1n) is 4.85. The van der Waals surface area contributed by atoms with Gasteiger partial charge in [-0.2, -0.15) is 0 Å². The third kappa shape index (κ3) is 2.07. The Morgan fingerprint density at radius 3 is 2.69 bits per heavy atom. The Morgan fingerprint density at radius 2 is 2.06 bits per heavy atom. The molecule has 16 heavy (non-hydrogen) atoms. The topological polar surface area (TPSA) is 37.4 Å². The van der Waals surface area contributed by atoms with Crippen molar-refractivity contribution in [3.8, 4) is 0 Å². The van der Waals surface area contributed by atoms with Gasteiger partial charge in [-0.3, -0.25) is 9.59 Å². The smallest absolute Gasteiger partial charge is 0.234 e. The van der Waals surface area contributed by atoms with E-state index in [4.69, 9.17) is 11.6 Å².